The standard InChI is InChI=1S/C25H19ClFN5S/c26-21-11-10-20(33-21)23-22(31-24(32-23)17-6-8-18(27)9-7-17)19-13-15-29-25(30-19)28-14-12-16-4-2-1-3-5-16/h1-11,13,15H,12,14H2,(H,31,32)(H,28,29,30). The zero-order valence-corrected chi connectivity index (χ0v) is 19.0. The second kappa shape index (κ2) is 9.52. The van der Waals surface area contributed by atoms with Crippen molar-refractivity contribution < 1.29 is 4.39 Å². The molecule has 0 amide bonds. The third-order valence-corrected chi connectivity index (χ3v) is 6.32. The molecule has 33 heavy (non-hydrogen) atoms. The van der Waals surface area contributed by atoms with Crippen LogP contribution in [0.15, 0.2) is 79.0 Å². The van der Waals surface area contributed by atoms with Gasteiger partial charge >= 0.3 is 0 Å². The molecule has 0 aliphatic carbocycles. The molecule has 0 aliphatic rings. The molecule has 5 nitrogen and oxygen atoms in total. The zero-order chi connectivity index (χ0) is 22.6. The number of H-pyrrole nitrogens is 1. The lowest BCUT2D eigenvalue weighted by Crippen LogP contribution is -2.08. The molecule has 2 aromatic carbocycles. The summed E-state index contributed by atoms with van der Waals surface area (Å²) in [6.07, 6.45) is 2.59. The van der Waals surface area contributed by atoms with Gasteiger partial charge in [-0.25, -0.2) is 19.3 Å². The summed E-state index contributed by atoms with van der Waals surface area (Å²) in [5.74, 6) is 0.871. The van der Waals surface area contributed by atoms with Crippen LogP contribution in [0.4, 0.5) is 10.3 Å². The predicted octanol–water partition coefficient (Wildman–Crippen LogP) is 6.71. The number of halogens is 2. The largest absolute Gasteiger partial charge is 0.354 e. The summed E-state index contributed by atoms with van der Waals surface area (Å²) in [4.78, 5) is 18.1. The molecule has 0 unspecified atom stereocenters. The summed E-state index contributed by atoms with van der Waals surface area (Å²) < 4.78 is 14.1. The van der Waals surface area contributed by atoms with E-state index >= 15 is 0 Å². The summed E-state index contributed by atoms with van der Waals surface area (Å²) in [5, 5.41) is 3.29. The monoisotopic (exact) mass is 475 g/mol. The van der Waals surface area contributed by atoms with Crippen molar-refractivity contribution in [3.8, 4) is 33.3 Å². The Balaban J connectivity index is 1.46. The summed E-state index contributed by atoms with van der Waals surface area (Å²) in [6.45, 7) is 0.713. The van der Waals surface area contributed by atoms with Gasteiger partial charge in [0.2, 0.25) is 5.95 Å². The molecule has 5 aromatic rings. The van der Waals surface area contributed by atoms with Gasteiger partial charge in [0.1, 0.15) is 17.3 Å². The van der Waals surface area contributed by atoms with Crippen molar-refractivity contribution in [2.45, 2.75) is 6.42 Å². The minimum Gasteiger partial charge on any atom is -0.354 e. The Morgan fingerprint density at radius 2 is 1.76 bits per heavy atom. The first-order valence-electron chi connectivity index (χ1n) is 10.4. The fraction of sp³-hybridized carbons (Fsp3) is 0.0800. The van der Waals surface area contributed by atoms with Crippen molar-refractivity contribution in [3.05, 3.63) is 94.7 Å². The Morgan fingerprint density at radius 3 is 2.52 bits per heavy atom. The quantitative estimate of drug-likeness (QED) is 0.274. The van der Waals surface area contributed by atoms with E-state index in [1.54, 1.807) is 18.3 Å². The van der Waals surface area contributed by atoms with Crippen LogP contribution in [0.3, 0.4) is 0 Å². The van der Waals surface area contributed by atoms with Crippen molar-refractivity contribution in [2.75, 3.05) is 11.9 Å². The highest BCUT2D eigenvalue weighted by atomic mass is 35.5. The number of aromatic amines is 1. The molecular formula is C25H19ClFN5S. The average molecular weight is 476 g/mol. The van der Waals surface area contributed by atoms with Gasteiger partial charge in [0.05, 0.1) is 20.6 Å². The van der Waals surface area contributed by atoms with Gasteiger partial charge in [-0.2, -0.15) is 0 Å². The van der Waals surface area contributed by atoms with E-state index in [1.165, 1.54) is 29.0 Å². The van der Waals surface area contributed by atoms with Crippen LogP contribution in [-0.2, 0) is 6.42 Å². The fourth-order valence-electron chi connectivity index (χ4n) is 3.47. The molecule has 3 heterocycles. The molecule has 0 bridgehead atoms. The summed E-state index contributed by atoms with van der Waals surface area (Å²) in [7, 11) is 0. The highest BCUT2D eigenvalue weighted by Crippen LogP contribution is 2.37. The molecule has 0 aliphatic heterocycles. The topological polar surface area (TPSA) is 66.5 Å². The third kappa shape index (κ3) is 4.94. The summed E-state index contributed by atoms with van der Waals surface area (Å²) in [6, 6.07) is 22.1. The molecule has 5 rings (SSSR count). The van der Waals surface area contributed by atoms with Crippen LogP contribution >= 0.6 is 22.9 Å². The van der Waals surface area contributed by atoms with E-state index in [0.29, 0.717) is 28.3 Å². The van der Waals surface area contributed by atoms with Gasteiger partial charge in [-0.3, -0.25) is 0 Å². The number of imidazole rings is 1. The average Bonchev–Trinajstić information content (AvgIpc) is 3.47. The number of aromatic nitrogens is 4. The van der Waals surface area contributed by atoms with Crippen LogP contribution in [-0.4, -0.2) is 26.5 Å². The number of rotatable bonds is 7. The first-order valence-corrected chi connectivity index (χ1v) is 11.6. The molecule has 8 heteroatoms. The number of nitrogens with one attached hydrogen (secondary N) is 2. The van der Waals surface area contributed by atoms with Gasteiger partial charge in [-0.05, 0) is 54.4 Å². The molecule has 0 radical (unpaired) electrons. The Morgan fingerprint density at radius 1 is 0.939 bits per heavy atom. The van der Waals surface area contributed by atoms with E-state index in [-0.39, 0.29) is 5.82 Å². The van der Waals surface area contributed by atoms with Crippen molar-refractivity contribution in [1.82, 2.24) is 19.9 Å². The minimum atomic E-state index is -0.294. The normalized spacial score (nSPS) is 11.0. The first-order chi connectivity index (χ1) is 16.2. The number of benzene rings is 2. The van der Waals surface area contributed by atoms with E-state index in [1.807, 2.05) is 36.4 Å². The van der Waals surface area contributed by atoms with Crippen molar-refractivity contribution in [2.24, 2.45) is 0 Å². The number of thiophene rings is 1. The van der Waals surface area contributed by atoms with Gasteiger partial charge in [0, 0.05) is 18.3 Å². The SMILES string of the molecule is Fc1ccc(-c2nc(-c3ccc(Cl)s3)c(-c3ccnc(NCCc4ccccc4)n3)[nH]2)cc1. The lowest BCUT2D eigenvalue weighted by atomic mass is 10.1. The van der Waals surface area contributed by atoms with Crippen LogP contribution in [0.5, 0.6) is 0 Å². The molecule has 0 saturated heterocycles. The van der Waals surface area contributed by atoms with Gasteiger partial charge < -0.3 is 10.3 Å². The first kappa shape index (κ1) is 21.3. The fourth-order valence-corrected chi connectivity index (χ4v) is 4.51. The highest BCUT2D eigenvalue weighted by molar-refractivity contribution is 7.19. The van der Waals surface area contributed by atoms with Crippen LogP contribution < -0.4 is 5.32 Å². The molecule has 0 atom stereocenters. The van der Waals surface area contributed by atoms with E-state index in [4.69, 9.17) is 21.6 Å². The van der Waals surface area contributed by atoms with E-state index < -0.39 is 0 Å². The lowest BCUT2D eigenvalue weighted by molar-refractivity contribution is 0.628. The van der Waals surface area contributed by atoms with Crippen LogP contribution in [0.2, 0.25) is 4.34 Å². The summed E-state index contributed by atoms with van der Waals surface area (Å²) in [5.41, 5.74) is 4.21. The number of hydrogen-bond donors (Lipinski definition) is 2. The Labute approximate surface area is 199 Å². The van der Waals surface area contributed by atoms with Crippen LogP contribution in [0, 0.1) is 5.82 Å². The maximum Gasteiger partial charge on any atom is 0.223 e. The molecule has 3 aromatic heterocycles. The van der Waals surface area contributed by atoms with Crippen LogP contribution in [0.25, 0.3) is 33.3 Å². The smallest absolute Gasteiger partial charge is 0.223 e. The molecule has 0 fully saturated rings. The van der Waals surface area contributed by atoms with Crippen molar-refractivity contribution >= 4 is 28.9 Å². The maximum atomic E-state index is 13.4. The van der Waals surface area contributed by atoms with Crippen molar-refractivity contribution in [3.63, 3.8) is 0 Å². The molecular weight excluding hydrogens is 457 g/mol. The molecule has 0 saturated carbocycles. The van der Waals surface area contributed by atoms with E-state index in [9.17, 15) is 4.39 Å². The molecule has 2 N–H and O–H groups in total. The van der Waals surface area contributed by atoms with Gasteiger partial charge in [0.15, 0.2) is 0 Å². The molecule has 164 valence electrons. The Hall–Kier alpha value is -3.55. The van der Waals surface area contributed by atoms with E-state index in [0.717, 1.165) is 28.2 Å². The second-order valence-electron chi connectivity index (χ2n) is 7.35. The molecule has 0 spiro atoms. The van der Waals surface area contributed by atoms with Gasteiger partial charge in [0.25, 0.3) is 0 Å². The number of hydrogen-bond acceptors (Lipinski definition) is 5. The Kier molecular flexibility index (Phi) is 6.15. The van der Waals surface area contributed by atoms with E-state index in [2.05, 4.69) is 27.4 Å². The van der Waals surface area contributed by atoms with Gasteiger partial charge in [-0.15, -0.1) is 11.3 Å². The van der Waals surface area contributed by atoms with Gasteiger partial charge in [-0.1, -0.05) is 41.9 Å². The summed E-state index contributed by atoms with van der Waals surface area (Å²) >= 11 is 7.63. The second-order valence-corrected chi connectivity index (χ2v) is 9.06. The minimum absolute atomic E-state index is 0.294. The lowest BCUT2D eigenvalue weighted by Gasteiger charge is -2.07. The Bertz CT molecular complexity index is 1370. The third-order valence-electron chi connectivity index (χ3n) is 5.08. The van der Waals surface area contributed by atoms with Crippen LogP contribution in [0.1, 0.15) is 5.56 Å². The highest BCUT2D eigenvalue weighted by Gasteiger charge is 2.18. The number of nitrogens with zero attached hydrogens (tertiary/aromatic N) is 3. The van der Waals surface area contributed by atoms with Crippen molar-refractivity contribution in [1.29, 1.82) is 0 Å². The zero-order valence-electron chi connectivity index (χ0n) is 17.4. The number of anilines is 1. The predicted molar refractivity (Wildman–Crippen MR) is 132 cm³/mol. The maximum absolute atomic E-state index is 13.4.